The van der Waals surface area contributed by atoms with Crippen molar-refractivity contribution in [3.8, 4) is 6.07 Å². The highest BCUT2D eigenvalue weighted by atomic mass is 31.2. The van der Waals surface area contributed by atoms with Crippen LogP contribution in [0.15, 0.2) is 121 Å². The van der Waals surface area contributed by atoms with E-state index in [4.69, 9.17) is 32.7 Å². The normalized spacial score (nSPS) is 19.8. The molecule has 53 heavy (non-hydrogen) atoms. The van der Waals surface area contributed by atoms with Crippen molar-refractivity contribution < 1.29 is 32.7 Å². The first-order valence-electron chi connectivity index (χ1n) is 18.4. The fourth-order valence-corrected chi connectivity index (χ4v) is 7.85. The maximum Gasteiger partial charge on any atom is 0.261 e. The molecule has 1 aliphatic rings. The molecule has 0 saturated carbocycles. The highest BCUT2D eigenvalue weighted by Crippen LogP contribution is 2.50. The van der Waals surface area contributed by atoms with E-state index in [1.54, 1.807) is 0 Å². The minimum Gasteiger partial charge on any atom is -0.374 e. The Labute approximate surface area is 316 Å². The molecule has 5 rings (SSSR count). The van der Waals surface area contributed by atoms with E-state index in [-0.39, 0.29) is 31.7 Å². The molecule has 4 aromatic carbocycles. The molecule has 1 heterocycles. The molecule has 0 aromatic heterocycles. The van der Waals surface area contributed by atoms with Crippen LogP contribution in [-0.4, -0.2) is 60.7 Å². The van der Waals surface area contributed by atoms with Crippen molar-refractivity contribution >= 4 is 8.53 Å². The highest BCUT2D eigenvalue weighted by Gasteiger charge is 2.52. The van der Waals surface area contributed by atoms with Crippen molar-refractivity contribution in [2.45, 2.75) is 103 Å². The minimum absolute atomic E-state index is 0.0996. The van der Waals surface area contributed by atoms with Crippen LogP contribution in [0, 0.1) is 11.3 Å². The van der Waals surface area contributed by atoms with E-state index in [1.165, 1.54) is 0 Å². The number of rotatable bonds is 22. The maximum absolute atomic E-state index is 9.34. The van der Waals surface area contributed by atoms with Gasteiger partial charge >= 0.3 is 0 Å². The average Bonchev–Trinajstić information content (AvgIpc) is 3.52. The number of hydrogen-bond acceptors (Lipinski definition) is 9. The monoisotopic (exact) mass is 740 g/mol. The lowest BCUT2D eigenvalue weighted by Crippen LogP contribution is -2.45. The number of benzene rings is 4. The molecule has 10 heteroatoms. The van der Waals surface area contributed by atoms with E-state index in [1.807, 2.05) is 121 Å². The van der Waals surface area contributed by atoms with Crippen molar-refractivity contribution in [1.82, 2.24) is 4.67 Å². The summed E-state index contributed by atoms with van der Waals surface area (Å²) in [5.41, 5.74) is 4.13. The first kappa shape index (κ1) is 40.7. The summed E-state index contributed by atoms with van der Waals surface area (Å²) in [6.45, 7) is 10.3. The third-order valence-electron chi connectivity index (χ3n) is 8.70. The molecule has 4 aromatic rings. The number of ether oxygens (including phenoxy) is 5. The number of nitrogens with zero attached hydrogens (tertiary/aromatic N) is 2. The molecule has 0 N–H and O–H groups in total. The summed E-state index contributed by atoms with van der Waals surface area (Å²) in [5.74, 6) is 0. The summed E-state index contributed by atoms with van der Waals surface area (Å²) in [6.07, 6.45) is -3.08. The molecule has 0 spiro atoms. The second-order valence-corrected chi connectivity index (χ2v) is 14.9. The third-order valence-corrected chi connectivity index (χ3v) is 10.8. The van der Waals surface area contributed by atoms with Gasteiger partial charge in [-0.3, -0.25) is 4.52 Å². The second kappa shape index (κ2) is 22.0. The van der Waals surface area contributed by atoms with Crippen molar-refractivity contribution in [2.24, 2.45) is 0 Å². The quantitative estimate of drug-likeness (QED) is 0.0579. The van der Waals surface area contributed by atoms with E-state index >= 15 is 0 Å². The molecule has 1 fully saturated rings. The number of hydrogen-bond donors (Lipinski definition) is 0. The van der Waals surface area contributed by atoms with Crippen LogP contribution in [0.2, 0.25) is 0 Å². The van der Waals surface area contributed by atoms with E-state index in [0.29, 0.717) is 26.4 Å². The predicted molar refractivity (Wildman–Crippen MR) is 206 cm³/mol. The van der Waals surface area contributed by atoms with Crippen LogP contribution in [0.4, 0.5) is 0 Å². The van der Waals surface area contributed by atoms with E-state index in [9.17, 15) is 5.26 Å². The number of nitriles is 1. The van der Waals surface area contributed by atoms with Crippen LogP contribution < -0.4 is 0 Å². The Kier molecular flexibility index (Phi) is 16.9. The fraction of sp³-hybridized carbons (Fsp3) is 0.419. The maximum atomic E-state index is 9.34. The standard InChI is InChI=1S/C43H53N2O7P/c1-33(2)45(34(3)4)53(50-27-17-26-44)52-43-42(49-31-38-24-15-8-16-25-38)41(48-30-37-22-13-7-14-23-37)40(51-43)39(47-29-36-20-11-6-12-21-36)32-46-28-35-18-9-5-10-19-35/h5-16,18-25,33-34,39-43H,17,27-32H2,1-4H3/t39-,40-,41+,42-,43?,53?/m1/s1. The molecule has 0 bridgehead atoms. The lowest BCUT2D eigenvalue weighted by Gasteiger charge is -2.37. The summed E-state index contributed by atoms with van der Waals surface area (Å²) >= 11 is 0. The van der Waals surface area contributed by atoms with Gasteiger partial charge < -0.3 is 28.2 Å². The molecular weight excluding hydrogens is 687 g/mol. The zero-order chi connectivity index (χ0) is 37.3. The molecule has 0 amide bonds. The highest BCUT2D eigenvalue weighted by molar-refractivity contribution is 7.44. The van der Waals surface area contributed by atoms with Crippen molar-refractivity contribution in [3.05, 3.63) is 144 Å². The Morgan fingerprint density at radius 2 is 1.13 bits per heavy atom. The Morgan fingerprint density at radius 1 is 0.660 bits per heavy atom. The van der Waals surface area contributed by atoms with Crippen molar-refractivity contribution in [2.75, 3.05) is 13.2 Å². The van der Waals surface area contributed by atoms with Gasteiger partial charge in [-0.2, -0.15) is 5.26 Å². The van der Waals surface area contributed by atoms with Crippen LogP contribution in [0.5, 0.6) is 0 Å². The van der Waals surface area contributed by atoms with Gasteiger partial charge in [0.2, 0.25) is 0 Å². The first-order valence-corrected chi connectivity index (χ1v) is 19.5. The van der Waals surface area contributed by atoms with Crippen LogP contribution in [0.25, 0.3) is 0 Å². The van der Waals surface area contributed by atoms with Crippen LogP contribution in [-0.2, 0) is 59.2 Å². The third kappa shape index (κ3) is 12.8. The largest absolute Gasteiger partial charge is 0.374 e. The van der Waals surface area contributed by atoms with Crippen LogP contribution in [0.1, 0.15) is 56.4 Å². The van der Waals surface area contributed by atoms with Gasteiger partial charge in [-0.1, -0.05) is 121 Å². The zero-order valence-electron chi connectivity index (χ0n) is 31.2. The zero-order valence-corrected chi connectivity index (χ0v) is 32.1. The fourth-order valence-electron chi connectivity index (χ4n) is 6.20. The van der Waals surface area contributed by atoms with Crippen LogP contribution >= 0.6 is 8.53 Å². The van der Waals surface area contributed by atoms with Gasteiger partial charge in [-0.15, -0.1) is 0 Å². The molecule has 282 valence electrons. The minimum atomic E-state index is -1.66. The van der Waals surface area contributed by atoms with Crippen LogP contribution in [0.3, 0.4) is 0 Å². The Hall–Kier alpha value is -3.52. The predicted octanol–water partition coefficient (Wildman–Crippen LogP) is 8.98. The molecule has 1 saturated heterocycles. The van der Waals surface area contributed by atoms with Crippen molar-refractivity contribution in [3.63, 3.8) is 0 Å². The Morgan fingerprint density at radius 3 is 1.62 bits per heavy atom. The Balaban J connectivity index is 1.49. The molecular formula is C43H53N2O7P. The van der Waals surface area contributed by atoms with E-state index in [0.717, 1.165) is 22.3 Å². The molecule has 0 radical (unpaired) electrons. The van der Waals surface area contributed by atoms with Gasteiger partial charge in [0.05, 0.1) is 52.1 Å². The van der Waals surface area contributed by atoms with Gasteiger partial charge in [0.25, 0.3) is 8.53 Å². The first-order chi connectivity index (χ1) is 25.9. The molecule has 0 aliphatic carbocycles. The van der Waals surface area contributed by atoms with Gasteiger partial charge in [0.1, 0.15) is 24.4 Å². The SMILES string of the molecule is CC(C)N(C(C)C)P(OCCC#N)OC1O[C@H]([C@@H](COCc2ccccc2)OCc2ccccc2)[C@H](OCc2ccccc2)[C@H]1OCc1ccccc1. The van der Waals surface area contributed by atoms with Gasteiger partial charge in [-0.05, 0) is 49.9 Å². The second-order valence-electron chi connectivity index (χ2n) is 13.5. The van der Waals surface area contributed by atoms with E-state index in [2.05, 4.69) is 38.4 Å². The van der Waals surface area contributed by atoms with Crippen molar-refractivity contribution in [1.29, 1.82) is 5.26 Å². The van der Waals surface area contributed by atoms with Gasteiger partial charge in [0, 0.05) is 12.1 Å². The molecule has 1 aliphatic heterocycles. The molecule has 6 atom stereocenters. The van der Waals surface area contributed by atoms with E-state index < -0.39 is 39.2 Å². The average molecular weight is 741 g/mol. The summed E-state index contributed by atoms with van der Waals surface area (Å²) in [7, 11) is -1.66. The summed E-state index contributed by atoms with van der Waals surface area (Å²) < 4.78 is 48.9. The topological polar surface area (TPSA) is 91.6 Å². The summed E-state index contributed by atoms with van der Waals surface area (Å²) in [4.78, 5) is 0. The molecule has 9 nitrogen and oxygen atoms in total. The Bertz CT molecular complexity index is 1600. The van der Waals surface area contributed by atoms with Gasteiger partial charge in [-0.25, -0.2) is 4.67 Å². The molecule has 2 unspecified atom stereocenters. The van der Waals surface area contributed by atoms with Gasteiger partial charge in [0.15, 0.2) is 6.29 Å². The summed E-state index contributed by atoms with van der Waals surface area (Å²) in [6, 6.07) is 42.6. The lowest BCUT2D eigenvalue weighted by atomic mass is 10.0. The summed E-state index contributed by atoms with van der Waals surface area (Å²) in [5, 5.41) is 9.34. The lowest BCUT2D eigenvalue weighted by molar-refractivity contribution is -0.166. The smallest absolute Gasteiger partial charge is 0.261 e.